The maximum absolute atomic E-state index is 12.0. The third-order valence-electron chi connectivity index (χ3n) is 2.91. The maximum atomic E-state index is 12.0. The van der Waals surface area contributed by atoms with E-state index in [1.165, 1.54) is 4.90 Å². The molecule has 106 valence electrons. The zero-order valence-electron chi connectivity index (χ0n) is 10.8. The number of amides is 3. The van der Waals surface area contributed by atoms with Crippen LogP contribution in [0, 0.1) is 6.92 Å². The van der Waals surface area contributed by atoms with Crippen LogP contribution in [0.1, 0.15) is 15.9 Å². The number of carbonyl (C=O) groups is 3. The van der Waals surface area contributed by atoms with Crippen LogP contribution in [0.3, 0.4) is 0 Å². The van der Waals surface area contributed by atoms with Gasteiger partial charge in [0, 0.05) is 23.1 Å². The number of benzene rings is 1. The zero-order valence-corrected chi connectivity index (χ0v) is 13.2. The number of nitrogens with one attached hydrogen (secondary N) is 1. The number of hydrogen-bond acceptors (Lipinski definition) is 4. The summed E-state index contributed by atoms with van der Waals surface area (Å²) in [6, 6.07) is 5.46. The van der Waals surface area contributed by atoms with Gasteiger partial charge in [0.25, 0.3) is 11.1 Å². The lowest BCUT2D eigenvalue weighted by Gasteiger charge is -2.13. The van der Waals surface area contributed by atoms with Crippen LogP contribution in [0.15, 0.2) is 22.7 Å². The van der Waals surface area contributed by atoms with E-state index in [-0.39, 0.29) is 35.9 Å². The highest BCUT2D eigenvalue weighted by atomic mass is 79.9. The predicted molar refractivity (Wildman–Crippen MR) is 80.8 cm³/mol. The molecule has 1 aromatic rings. The fourth-order valence-electron chi connectivity index (χ4n) is 1.81. The molecule has 3 amide bonds. The van der Waals surface area contributed by atoms with Gasteiger partial charge >= 0.3 is 0 Å². The summed E-state index contributed by atoms with van der Waals surface area (Å²) in [5.41, 5.74) is 1.45. The van der Waals surface area contributed by atoms with E-state index in [2.05, 4.69) is 21.2 Å². The zero-order chi connectivity index (χ0) is 14.7. The Hall–Kier alpha value is -1.34. The fourth-order valence-corrected chi connectivity index (χ4v) is 2.93. The minimum absolute atomic E-state index is 0.192. The molecule has 0 radical (unpaired) electrons. The van der Waals surface area contributed by atoms with E-state index in [4.69, 9.17) is 0 Å². The van der Waals surface area contributed by atoms with Gasteiger partial charge in [-0.1, -0.05) is 33.8 Å². The van der Waals surface area contributed by atoms with Crippen molar-refractivity contribution in [2.75, 3.05) is 18.8 Å². The van der Waals surface area contributed by atoms with Gasteiger partial charge in [-0.2, -0.15) is 0 Å². The number of thioether (sulfide) groups is 1. The van der Waals surface area contributed by atoms with Gasteiger partial charge < -0.3 is 5.32 Å². The summed E-state index contributed by atoms with van der Waals surface area (Å²) in [6.07, 6.45) is 0. The van der Waals surface area contributed by atoms with E-state index in [0.29, 0.717) is 5.56 Å². The van der Waals surface area contributed by atoms with Crippen molar-refractivity contribution in [3.63, 3.8) is 0 Å². The Kier molecular flexibility index (Phi) is 4.82. The smallest absolute Gasteiger partial charge is 0.288 e. The van der Waals surface area contributed by atoms with Crippen LogP contribution in [-0.4, -0.2) is 40.8 Å². The van der Waals surface area contributed by atoms with E-state index in [1.807, 2.05) is 19.1 Å². The minimum Gasteiger partial charge on any atom is -0.350 e. The summed E-state index contributed by atoms with van der Waals surface area (Å²) in [5, 5.41) is 2.47. The highest BCUT2D eigenvalue weighted by Gasteiger charge is 2.29. The Morgan fingerprint density at radius 1 is 1.45 bits per heavy atom. The molecule has 5 nitrogen and oxygen atoms in total. The van der Waals surface area contributed by atoms with Gasteiger partial charge in [0.15, 0.2) is 0 Å². The lowest BCUT2D eigenvalue weighted by molar-refractivity contribution is -0.124. The molecule has 0 spiro atoms. The normalized spacial score (nSPS) is 14.8. The van der Waals surface area contributed by atoms with Gasteiger partial charge in [-0.3, -0.25) is 19.3 Å². The third-order valence-corrected chi connectivity index (χ3v) is 4.26. The maximum Gasteiger partial charge on any atom is 0.288 e. The SMILES string of the molecule is Cc1ccc(Br)cc1C(=O)NCCN1C(=O)CSC1=O. The highest BCUT2D eigenvalue weighted by Crippen LogP contribution is 2.18. The summed E-state index contributed by atoms with van der Waals surface area (Å²) in [6.45, 7) is 2.32. The molecule has 1 saturated heterocycles. The van der Waals surface area contributed by atoms with Crippen LogP contribution < -0.4 is 5.32 Å². The summed E-state index contributed by atoms with van der Waals surface area (Å²) in [5.74, 6) is -0.222. The topological polar surface area (TPSA) is 66.5 Å². The highest BCUT2D eigenvalue weighted by molar-refractivity contribution is 9.10. The first-order valence-corrected chi connectivity index (χ1v) is 7.78. The molecule has 0 atom stereocenters. The Morgan fingerprint density at radius 3 is 2.85 bits per heavy atom. The van der Waals surface area contributed by atoms with Crippen molar-refractivity contribution in [3.8, 4) is 0 Å². The number of imide groups is 1. The summed E-state index contributed by atoms with van der Waals surface area (Å²) < 4.78 is 0.828. The van der Waals surface area contributed by atoms with Crippen LogP contribution in [0.4, 0.5) is 4.79 Å². The van der Waals surface area contributed by atoms with Crippen LogP contribution in [0.5, 0.6) is 0 Å². The monoisotopic (exact) mass is 356 g/mol. The standard InChI is InChI=1S/C13H13BrN2O3S/c1-8-2-3-9(14)6-10(8)12(18)15-4-5-16-11(17)7-20-13(16)19/h2-3,6H,4-5,7H2,1H3,(H,15,18). The molecular formula is C13H13BrN2O3S. The van der Waals surface area contributed by atoms with Crippen molar-refractivity contribution in [1.82, 2.24) is 10.2 Å². The van der Waals surface area contributed by atoms with Crippen LogP contribution in [0.25, 0.3) is 0 Å². The number of rotatable bonds is 4. The van der Waals surface area contributed by atoms with E-state index >= 15 is 0 Å². The van der Waals surface area contributed by atoms with Crippen LogP contribution >= 0.6 is 27.7 Å². The van der Waals surface area contributed by atoms with Crippen LogP contribution in [0.2, 0.25) is 0 Å². The molecule has 0 aliphatic carbocycles. The molecule has 1 N–H and O–H groups in total. The lowest BCUT2D eigenvalue weighted by atomic mass is 10.1. The molecule has 20 heavy (non-hydrogen) atoms. The van der Waals surface area contributed by atoms with Gasteiger partial charge in [0.05, 0.1) is 5.75 Å². The first-order chi connectivity index (χ1) is 9.49. The summed E-state index contributed by atoms with van der Waals surface area (Å²) >= 11 is 4.31. The molecule has 0 saturated carbocycles. The number of carbonyl (C=O) groups excluding carboxylic acids is 3. The van der Waals surface area contributed by atoms with E-state index in [1.54, 1.807) is 6.07 Å². The molecule has 1 aliphatic heterocycles. The molecule has 2 rings (SSSR count). The predicted octanol–water partition coefficient (Wildman–Crippen LogP) is 2.18. The largest absolute Gasteiger partial charge is 0.350 e. The van der Waals surface area contributed by atoms with E-state index in [0.717, 1.165) is 21.8 Å². The molecule has 7 heteroatoms. The second-order valence-electron chi connectivity index (χ2n) is 4.32. The first kappa shape index (κ1) is 15.1. The van der Waals surface area contributed by atoms with Gasteiger partial charge in [-0.25, -0.2) is 0 Å². The molecule has 1 fully saturated rings. The summed E-state index contributed by atoms with van der Waals surface area (Å²) in [7, 11) is 0. The number of hydrogen-bond donors (Lipinski definition) is 1. The third kappa shape index (κ3) is 3.40. The van der Waals surface area contributed by atoms with Gasteiger partial charge in [0.2, 0.25) is 5.91 Å². The number of nitrogens with zero attached hydrogens (tertiary/aromatic N) is 1. The average Bonchev–Trinajstić information content (AvgIpc) is 2.73. The second kappa shape index (κ2) is 6.41. The Morgan fingerprint density at radius 2 is 2.20 bits per heavy atom. The quantitative estimate of drug-likeness (QED) is 0.897. The minimum atomic E-state index is -0.247. The molecule has 0 bridgehead atoms. The average molecular weight is 357 g/mol. The fraction of sp³-hybridized carbons (Fsp3) is 0.308. The van der Waals surface area contributed by atoms with Crippen molar-refractivity contribution >= 4 is 44.7 Å². The Labute approximate surface area is 129 Å². The number of aryl methyl sites for hydroxylation is 1. The van der Waals surface area contributed by atoms with Gasteiger partial charge in [-0.05, 0) is 24.6 Å². The van der Waals surface area contributed by atoms with E-state index < -0.39 is 0 Å². The Balaban J connectivity index is 1.91. The number of halogens is 1. The molecule has 1 heterocycles. The molecule has 1 aromatic carbocycles. The molecule has 0 unspecified atom stereocenters. The van der Waals surface area contributed by atoms with Crippen molar-refractivity contribution in [3.05, 3.63) is 33.8 Å². The van der Waals surface area contributed by atoms with Crippen molar-refractivity contribution in [2.24, 2.45) is 0 Å². The van der Waals surface area contributed by atoms with Crippen molar-refractivity contribution in [1.29, 1.82) is 0 Å². The first-order valence-electron chi connectivity index (χ1n) is 6.00. The van der Waals surface area contributed by atoms with Crippen molar-refractivity contribution < 1.29 is 14.4 Å². The van der Waals surface area contributed by atoms with Crippen molar-refractivity contribution in [2.45, 2.75) is 6.92 Å². The Bertz CT molecular complexity index is 561. The molecule has 1 aliphatic rings. The summed E-state index contributed by atoms with van der Waals surface area (Å²) in [4.78, 5) is 36.0. The van der Waals surface area contributed by atoms with Gasteiger partial charge in [-0.15, -0.1) is 0 Å². The lowest BCUT2D eigenvalue weighted by Crippen LogP contribution is -2.37. The molecule has 0 aromatic heterocycles. The molecular weight excluding hydrogens is 344 g/mol. The van der Waals surface area contributed by atoms with Crippen LogP contribution in [-0.2, 0) is 4.79 Å². The van der Waals surface area contributed by atoms with Gasteiger partial charge in [0.1, 0.15) is 0 Å². The second-order valence-corrected chi connectivity index (χ2v) is 6.16. The van der Waals surface area contributed by atoms with E-state index in [9.17, 15) is 14.4 Å².